The highest BCUT2D eigenvalue weighted by atomic mass is 16.5. The maximum absolute atomic E-state index is 6.00. The van der Waals surface area contributed by atoms with E-state index in [2.05, 4.69) is 62.1 Å². The highest BCUT2D eigenvalue weighted by Crippen LogP contribution is 2.11. The standard InChI is InChI=1S/C41H79NO/c1-4-7-9-11-13-15-17-19-21-23-25-27-29-31-33-35-38-42(37-6-3)39-41-43-40-36-34-32-30-28-26-24-22-20-18-16-14-12-10-8-5-2/h13,15,19-22H,4-12,14,16-18,23-41H2,1-3H3/b15-13-,21-19-,22-20-. The van der Waals surface area contributed by atoms with E-state index in [0.717, 1.165) is 26.2 Å². The van der Waals surface area contributed by atoms with E-state index in [1.54, 1.807) is 0 Å². The van der Waals surface area contributed by atoms with E-state index in [9.17, 15) is 0 Å². The molecular weight excluding hydrogens is 522 g/mol. The van der Waals surface area contributed by atoms with Crippen molar-refractivity contribution in [2.45, 2.75) is 194 Å². The summed E-state index contributed by atoms with van der Waals surface area (Å²) in [5, 5.41) is 0. The Bertz CT molecular complexity index is 580. The first-order chi connectivity index (χ1) is 21.3. The van der Waals surface area contributed by atoms with Crippen LogP contribution in [0.1, 0.15) is 194 Å². The SMILES string of the molecule is CCCCC/C=C\C/C=C\CCCCCCCCN(CCC)CCOCCCCCCCC/C=C\CCCCCCCC. The number of hydrogen-bond acceptors (Lipinski definition) is 2. The van der Waals surface area contributed by atoms with Crippen LogP contribution in [-0.4, -0.2) is 37.7 Å². The van der Waals surface area contributed by atoms with Gasteiger partial charge in [-0.15, -0.1) is 0 Å². The maximum Gasteiger partial charge on any atom is 0.0593 e. The molecule has 0 fully saturated rings. The van der Waals surface area contributed by atoms with Crippen molar-refractivity contribution in [3.05, 3.63) is 36.5 Å². The average Bonchev–Trinajstić information content (AvgIpc) is 3.01. The molecule has 0 aromatic rings. The van der Waals surface area contributed by atoms with Gasteiger partial charge in [0.05, 0.1) is 6.61 Å². The summed E-state index contributed by atoms with van der Waals surface area (Å²) in [5.41, 5.74) is 0. The third-order valence-corrected chi connectivity index (χ3v) is 8.57. The lowest BCUT2D eigenvalue weighted by Crippen LogP contribution is -2.29. The van der Waals surface area contributed by atoms with Gasteiger partial charge in [-0.3, -0.25) is 0 Å². The van der Waals surface area contributed by atoms with Crippen molar-refractivity contribution in [2.75, 3.05) is 32.8 Å². The molecule has 0 amide bonds. The Labute approximate surface area is 272 Å². The summed E-state index contributed by atoms with van der Waals surface area (Å²) in [6.45, 7) is 12.3. The van der Waals surface area contributed by atoms with Crippen LogP contribution in [0.5, 0.6) is 0 Å². The largest absolute Gasteiger partial charge is 0.380 e. The summed E-state index contributed by atoms with van der Waals surface area (Å²) in [4.78, 5) is 2.63. The fourth-order valence-electron chi connectivity index (χ4n) is 5.72. The minimum Gasteiger partial charge on any atom is -0.380 e. The molecule has 0 saturated heterocycles. The fraction of sp³-hybridized carbons (Fsp3) is 0.854. The van der Waals surface area contributed by atoms with Crippen molar-refractivity contribution < 1.29 is 4.74 Å². The zero-order valence-electron chi connectivity index (χ0n) is 29.9. The Hall–Kier alpha value is -0.860. The van der Waals surface area contributed by atoms with Gasteiger partial charge in [-0.2, -0.15) is 0 Å². The molecule has 0 radical (unpaired) electrons. The summed E-state index contributed by atoms with van der Waals surface area (Å²) < 4.78 is 6.00. The second-order valence-electron chi connectivity index (χ2n) is 13.0. The van der Waals surface area contributed by atoms with Crippen LogP contribution in [0.4, 0.5) is 0 Å². The first-order valence-electron chi connectivity index (χ1n) is 19.6. The summed E-state index contributed by atoms with van der Waals surface area (Å²) in [5.74, 6) is 0. The molecule has 0 unspecified atom stereocenters. The number of nitrogens with zero attached hydrogens (tertiary/aromatic N) is 1. The van der Waals surface area contributed by atoms with Crippen LogP contribution in [0.2, 0.25) is 0 Å². The van der Waals surface area contributed by atoms with Gasteiger partial charge >= 0.3 is 0 Å². The lowest BCUT2D eigenvalue weighted by atomic mass is 10.1. The number of unbranched alkanes of at least 4 members (excludes halogenated alkanes) is 21. The fourth-order valence-corrected chi connectivity index (χ4v) is 5.72. The molecular formula is C41H79NO. The summed E-state index contributed by atoms with van der Waals surface area (Å²) >= 11 is 0. The summed E-state index contributed by atoms with van der Waals surface area (Å²) in [6.07, 6.45) is 50.6. The normalized spacial score (nSPS) is 12.3. The highest BCUT2D eigenvalue weighted by molar-refractivity contribution is 4.92. The Kier molecular flexibility index (Phi) is 38.4. The Balaban J connectivity index is 3.44. The lowest BCUT2D eigenvalue weighted by molar-refractivity contribution is 0.0997. The molecule has 254 valence electrons. The van der Waals surface area contributed by atoms with Gasteiger partial charge in [0.2, 0.25) is 0 Å². The topological polar surface area (TPSA) is 12.5 Å². The van der Waals surface area contributed by atoms with E-state index in [1.807, 2.05) is 0 Å². The molecule has 0 aromatic heterocycles. The van der Waals surface area contributed by atoms with E-state index in [0.29, 0.717) is 0 Å². The molecule has 0 aliphatic carbocycles. The molecule has 0 N–H and O–H groups in total. The Morgan fingerprint density at radius 3 is 1.30 bits per heavy atom. The van der Waals surface area contributed by atoms with Crippen molar-refractivity contribution in [2.24, 2.45) is 0 Å². The number of hydrogen-bond donors (Lipinski definition) is 0. The van der Waals surface area contributed by atoms with Crippen LogP contribution in [0, 0.1) is 0 Å². The molecule has 0 aromatic carbocycles. The quantitative estimate of drug-likeness (QED) is 0.0523. The second-order valence-corrected chi connectivity index (χ2v) is 13.0. The van der Waals surface area contributed by atoms with Crippen LogP contribution >= 0.6 is 0 Å². The minimum absolute atomic E-state index is 0.910. The summed E-state index contributed by atoms with van der Waals surface area (Å²) in [7, 11) is 0. The van der Waals surface area contributed by atoms with Crippen LogP contribution in [0.15, 0.2) is 36.5 Å². The molecule has 0 heterocycles. The molecule has 2 heteroatoms. The molecule has 0 bridgehead atoms. The third kappa shape index (κ3) is 37.2. The summed E-state index contributed by atoms with van der Waals surface area (Å²) in [6, 6.07) is 0. The van der Waals surface area contributed by atoms with Crippen LogP contribution < -0.4 is 0 Å². The zero-order valence-corrected chi connectivity index (χ0v) is 29.9. The third-order valence-electron chi connectivity index (χ3n) is 8.57. The molecule has 0 aliphatic rings. The van der Waals surface area contributed by atoms with E-state index in [-0.39, 0.29) is 0 Å². The lowest BCUT2D eigenvalue weighted by Gasteiger charge is -2.21. The first-order valence-corrected chi connectivity index (χ1v) is 19.6. The second kappa shape index (κ2) is 39.2. The average molecular weight is 602 g/mol. The molecule has 0 spiro atoms. The van der Waals surface area contributed by atoms with Gasteiger partial charge in [-0.25, -0.2) is 0 Å². The van der Waals surface area contributed by atoms with Crippen molar-refractivity contribution in [1.82, 2.24) is 4.90 Å². The van der Waals surface area contributed by atoms with Gasteiger partial charge in [-0.05, 0) is 90.1 Å². The van der Waals surface area contributed by atoms with Gasteiger partial charge in [0.1, 0.15) is 0 Å². The van der Waals surface area contributed by atoms with Crippen LogP contribution in [0.3, 0.4) is 0 Å². The van der Waals surface area contributed by atoms with Crippen molar-refractivity contribution in [3.8, 4) is 0 Å². The van der Waals surface area contributed by atoms with Crippen LogP contribution in [0.25, 0.3) is 0 Å². The zero-order chi connectivity index (χ0) is 31.2. The van der Waals surface area contributed by atoms with E-state index in [1.165, 1.54) is 180 Å². The molecule has 0 aliphatic heterocycles. The predicted molar refractivity (Wildman–Crippen MR) is 196 cm³/mol. The molecule has 43 heavy (non-hydrogen) atoms. The monoisotopic (exact) mass is 602 g/mol. The highest BCUT2D eigenvalue weighted by Gasteiger charge is 2.04. The molecule has 0 atom stereocenters. The van der Waals surface area contributed by atoms with E-state index < -0.39 is 0 Å². The Morgan fingerprint density at radius 2 is 0.767 bits per heavy atom. The molecule has 0 saturated carbocycles. The van der Waals surface area contributed by atoms with E-state index >= 15 is 0 Å². The van der Waals surface area contributed by atoms with Gasteiger partial charge in [-0.1, -0.05) is 154 Å². The van der Waals surface area contributed by atoms with Gasteiger partial charge in [0.25, 0.3) is 0 Å². The van der Waals surface area contributed by atoms with Gasteiger partial charge < -0.3 is 9.64 Å². The van der Waals surface area contributed by atoms with Crippen molar-refractivity contribution in [1.29, 1.82) is 0 Å². The maximum atomic E-state index is 6.00. The first kappa shape index (κ1) is 42.1. The number of allylic oxidation sites excluding steroid dienone is 6. The number of ether oxygens (including phenoxy) is 1. The van der Waals surface area contributed by atoms with Gasteiger partial charge in [0.15, 0.2) is 0 Å². The minimum atomic E-state index is 0.910. The van der Waals surface area contributed by atoms with Crippen LogP contribution in [-0.2, 0) is 4.74 Å². The Morgan fingerprint density at radius 1 is 0.349 bits per heavy atom. The molecule has 0 rings (SSSR count). The van der Waals surface area contributed by atoms with Crippen molar-refractivity contribution in [3.63, 3.8) is 0 Å². The van der Waals surface area contributed by atoms with Crippen molar-refractivity contribution >= 4 is 0 Å². The van der Waals surface area contributed by atoms with Gasteiger partial charge in [0, 0.05) is 13.2 Å². The van der Waals surface area contributed by atoms with E-state index in [4.69, 9.17) is 4.74 Å². The predicted octanol–water partition coefficient (Wildman–Crippen LogP) is 13.6. The molecule has 2 nitrogen and oxygen atoms in total. The smallest absolute Gasteiger partial charge is 0.0593 e. The number of rotatable bonds is 36.